The molecule has 0 aliphatic rings. The van der Waals surface area contributed by atoms with E-state index in [-0.39, 0.29) is 11.3 Å². The summed E-state index contributed by atoms with van der Waals surface area (Å²) < 4.78 is 4.61. The number of benzene rings is 1. The topological polar surface area (TPSA) is 87.7 Å². The molecule has 0 atom stereocenters. The molecule has 88 valence electrons. The van der Waals surface area contributed by atoms with Gasteiger partial charge in [-0.2, -0.15) is 0 Å². The van der Waals surface area contributed by atoms with Gasteiger partial charge in [-0.1, -0.05) is 0 Å². The summed E-state index contributed by atoms with van der Waals surface area (Å²) >= 11 is 0. The van der Waals surface area contributed by atoms with Gasteiger partial charge in [0.1, 0.15) is 5.75 Å². The van der Waals surface area contributed by atoms with E-state index in [0.29, 0.717) is 12.0 Å². The minimum Gasteiger partial charge on any atom is -0.508 e. The highest BCUT2D eigenvalue weighted by molar-refractivity contribution is 5.87. The molecule has 0 amide bonds. The van der Waals surface area contributed by atoms with Crippen LogP contribution in [0.15, 0.2) is 47.1 Å². The smallest absolute Gasteiger partial charge is 0.335 e. The zero-order chi connectivity index (χ0) is 12.7. The number of hydrogen-bond acceptors (Lipinski definition) is 4. The molecule has 0 fully saturated rings. The summed E-state index contributed by atoms with van der Waals surface area (Å²) in [6, 6.07) is 8.64. The number of carbonyl (C=O) groups is 2. The van der Waals surface area contributed by atoms with Crippen LogP contribution in [0, 0.1) is 0 Å². The molecule has 0 saturated carbocycles. The number of aromatic carboxylic acids is 1. The molecule has 0 aliphatic heterocycles. The first-order chi connectivity index (χ1) is 8.13. The number of carboxylic acids is 1. The van der Waals surface area contributed by atoms with Gasteiger partial charge in [0, 0.05) is 0 Å². The van der Waals surface area contributed by atoms with E-state index in [0.717, 1.165) is 0 Å². The van der Waals surface area contributed by atoms with Gasteiger partial charge in [-0.05, 0) is 36.4 Å². The Bertz CT molecular complexity index is 470. The summed E-state index contributed by atoms with van der Waals surface area (Å²) in [7, 11) is 0. The number of phenols is 1. The van der Waals surface area contributed by atoms with E-state index < -0.39 is 5.97 Å². The van der Waals surface area contributed by atoms with Crippen molar-refractivity contribution in [3.63, 3.8) is 0 Å². The van der Waals surface area contributed by atoms with Gasteiger partial charge in [0.2, 0.25) is 0 Å². The van der Waals surface area contributed by atoms with Gasteiger partial charge >= 0.3 is 5.97 Å². The van der Waals surface area contributed by atoms with Crippen LogP contribution in [0.5, 0.6) is 5.75 Å². The number of carboxylic acid groups (broad SMARTS) is 1. The highest BCUT2D eigenvalue weighted by atomic mass is 16.4. The lowest BCUT2D eigenvalue weighted by molar-refractivity contribution is 0.0696. The predicted molar refractivity (Wildman–Crippen MR) is 59.2 cm³/mol. The lowest BCUT2D eigenvalue weighted by Crippen LogP contribution is -1.93. The van der Waals surface area contributed by atoms with Gasteiger partial charge < -0.3 is 14.6 Å². The van der Waals surface area contributed by atoms with Crippen molar-refractivity contribution in [3.05, 3.63) is 54.0 Å². The van der Waals surface area contributed by atoms with E-state index in [1.54, 1.807) is 12.1 Å². The van der Waals surface area contributed by atoms with Crippen molar-refractivity contribution in [1.29, 1.82) is 0 Å². The van der Waals surface area contributed by atoms with Gasteiger partial charge in [0.05, 0.1) is 11.8 Å². The number of phenolic OH excluding ortho intramolecular Hbond substituents is 1. The first-order valence-corrected chi connectivity index (χ1v) is 4.64. The number of furan rings is 1. The average molecular weight is 234 g/mol. The third kappa shape index (κ3) is 4.21. The summed E-state index contributed by atoms with van der Waals surface area (Å²) in [5, 5.41) is 17.1. The van der Waals surface area contributed by atoms with Crippen LogP contribution in [0.3, 0.4) is 0 Å². The van der Waals surface area contributed by atoms with Crippen LogP contribution >= 0.6 is 0 Å². The summed E-state index contributed by atoms with van der Waals surface area (Å²) in [4.78, 5) is 20.0. The maximum Gasteiger partial charge on any atom is 0.335 e. The molecule has 0 radical (unpaired) electrons. The van der Waals surface area contributed by atoms with Crippen LogP contribution in [0.2, 0.25) is 0 Å². The number of aldehydes is 1. The lowest BCUT2D eigenvalue weighted by Gasteiger charge is -1.92. The van der Waals surface area contributed by atoms with Crippen LogP contribution < -0.4 is 0 Å². The van der Waals surface area contributed by atoms with E-state index in [1.807, 2.05) is 0 Å². The van der Waals surface area contributed by atoms with Crippen molar-refractivity contribution in [3.8, 4) is 5.75 Å². The van der Waals surface area contributed by atoms with Gasteiger partial charge in [0.15, 0.2) is 12.0 Å². The molecule has 2 rings (SSSR count). The highest BCUT2D eigenvalue weighted by Gasteiger charge is 1.99. The molecule has 2 N–H and O–H groups in total. The van der Waals surface area contributed by atoms with Crippen molar-refractivity contribution < 1.29 is 24.2 Å². The van der Waals surface area contributed by atoms with Crippen molar-refractivity contribution in [2.45, 2.75) is 0 Å². The third-order valence-corrected chi connectivity index (χ3v) is 1.77. The van der Waals surface area contributed by atoms with E-state index >= 15 is 0 Å². The fraction of sp³-hybridized carbons (Fsp3) is 0. The SMILES string of the molecule is O=C(O)c1ccc(O)cc1.O=Cc1ccco1. The molecule has 17 heavy (non-hydrogen) atoms. The molecule has 1 aromatic heterocycles. The van der Waals surface area contributed by atoms with Crippen LogP contribution in [0.4, 0.5) is 0 Å². The number of rotatable bonds is 2. The fourth-order valence-corrected chi connectivity index (χ4v) is 0.962. The molecule has 0 spiro atoms. The normalized spacial score (nSPS) is 8.94. The first kappa shape index (κ1) is 12.5. The van der Waals surface area contributed by atoms with E-state index in [1.165, 1.54) is 30.5 Å². The number of aromatic hydroxyl groups is 1. The summed E-state index contributed by atoms with van der Waals surface area (Å²) in [6.07, 6.45) is 2.13. The van der Waals surface area contributed by atoms with Gasteiger partial charge in [0.25, 0.3) is 0 Å². The van der Waals surface area contributed by atoms with E-state index in [9.17, 15) is 9.59 Å². The Morgan fingerprint density at radius 2 is 1.82 bits per heavy atom. The quantitative estimate of drug-likeness (QED) is 0.777. The summed E-state index contributed by atoms with van der Waals surface area (Å²) in [5.74, 6) is -0.537. The molecule has 0 unspecified atom stereocenters. The zero-order valence-corrected chi connectivity index (χ0v) is 8.74. The summed E-state index contributed by atoms with van der Waals surface area (Å²) in [5.41, 5.74) is 0.179. The van der Waals surface area contributed by atoms with E-state index in [2.05, 4.69) is 4.42 Å². The molecule has 5 nitrogen and oxygen atoms in total. The van der Waals surface area contributed by atoms with Crippen LogP contribution in [0.1, 0.15) is 20.9 Å². The van der Waals surface area contributed by atoms with Crippen molar-refractivity contribution in [1.82, 2.24) is 0 Å². The van der Waals surface area contributed by atoms with Crippen molar-refractivity contribution >= 4 is 12.3 Å². The predicted octanol–water partition coefficient (Wildman–Crippen LogP) is 2.18. The molecule has 1 aromatic carbocycles. The maximum absolute atomic E-state index is 10.2. The second-order valence-electron chi connectivity index (χ2n) is 2.99. The minimum absolute atomic E-state index is 0.0741. The van der Waals surface area contributed by atoms with E-state index in [4.69, 9.17) is 10.2 Å². The Balaban J connectivity index is 0.000000181. The Hall–Kier alpha value is -2.56. The van der Waals surface area contributed by atoms with Crippen molar-refractivity contribution in [2.75, 3.05) is 0 Å². The number of carbonyl (C=O) groups excluding carboxylic acids is 1. The standard InChI is InChI=1S/C7H6O3.C5H4O2/c8-6-3-1-5(2-4-6)7(9)10;6-4-5-2-1-3-7-5/h1-4,8H,(H,9,10);1-4H. The van der Waals surface area contributed by atoms with Crippen LogP contribution in [-0.2, 0) is 0 Å². The molecular weight excluding hydrogens is 224 g/mol. The van der Waals surface area contributed by atoms with Gasteiger partial charge in [-0.3, -0.25) is 4.79 Å². The molecule has 5 heteroatoms. The zero-order valence-electron chi connectivity index (χ0n) is 8.74. The Morgan fingerprint density at radius 1 is 1.18 bits per heavy atom. The molecule has 1 heterocycles. The molecule has 0 aliphatic carbocycles. The maximum atomic E-state index is 10.2. The van der Waals surface area contributed by atoms with Crippen LogP contribution in [-0.4, -0.2) is 22.5 Å². The third-order valence-electron chi connectivity index (χ3n) is 1.77. The van der Waals surface area contributed by atoms with Gasteiger partial charge in [-0.25, -0.2) is 4.79 Å². The molecule has 0 saturated heterocycles. The number of hydrogen-bond donors (Lipinski definition) is 2. The fourth-order valence-electron chi connectivity index (χ4n) is 0.962. The summed E-state index contributed by atoms with van der Waals surface area (Å²) in [6.45, 7) is 0. The molecule has 2 aromatic rings. The average Bonchev–Trinajstić information content (AvgIpc) is 2.83. The lowest BCUT2D eigenvalue weighted by atomic mass is 10.2. The second kappa shape index (κ2) is 6.12. The molecular formula is C12H10O5. The second-order valence-corrected chi connectivity index (χ2v) is 2.99. The van der Waals surface area contributed by atoms with Gasteiger partial charge in [-0.15, -0.1) is 0 Å². The Kier molecular flexibility index (Phi) is 4.50. The Morgan fingerprint density at radius 3 is 2.18 bits per heavy atom. The largest absolute Gasteiger partial charge is 0.508 e. The first-order valence-electron chi connectivity index (χ1n) is 4.64. The van der Waals surface area contributed by atoms with Crippen LogP contribution in [0.25, 0.3) is 0 Å². The minimum atomic E-state index is -0.986. The molecule has 0 bridgehead atoms. The monoisotopic (exact) mass is 234 g/mol. The highest BCUT2D eigenvalue weighted by Crippen LogP contribution is 2.08. The van der Waals surface area contributed by atoms with Crippen molar-refractivity contribution in [2.24, 2.45) is 0 Å². The Labute approximate surface area is 96.9 Å².